The zero-order chi connectivity index (χ0) is 30.3. The van der Waals surface area contributed by atoms with E-state index >= 15 is 0 Å². The molecule has 0 spiro atoms. The van der Waals surface area contributed by atoms with Crippen LogP contribution in [0.3, 0.4) is 0 Å². The number of rotatable bonds is 7. The van der Waals surface area contributed by atoms with E-state index in [9.17, 15) is 40.5 Å². The number of hydrogen-bond donors (Lipinski definition) is 7. The molecule has 5 rings (SSSR count). The molecule has 42 heavy (non-hydrogen) atoms. The van der Waals surface area contributed by atoms with Crippen LogP contribution in [0.5, 0.6) is 17.2 Å². The van der Waals surface area contributed by atoms with E-state index in [0.29, 0.717) is 11.3 Å². The Hall–Kier alpha value is -3.31. The van der Waals surface area contributed by atoms with Gasteiger partial charge in [-0.25, -0.2) is 0 Å². The van der Waals surface area contributed by atoms with Crippen molar-refractivity contribution in [1.29, 1.82) is 0 Å². The first-order valence-electron chi connectivity index (χ1n) is 13.1. The van der Waals surface area contributed by atoms with Crippen molar-refractivity contribution in [1.82, 2.24) is 0 Å². The quantitative estimate of drug-likeness (QED) is 0.179. The predicted molar refractivity (Wildman–Crippen MR) is 142 cm³/mol. The Bertz CT molecular complexity index is 1440. The molecule has 10 atom stereocenters. The van der Waals surface area contributed by atoms with Crippen LogP contribution in [-0.2, 0) is 14.2 Å². The fourth-order valence-corrected chi connectivity index (χ4v) is 4.84. The van der Waals surface area contributed by atoms with Crippen LogP contribution in [-0.4, -0.2) is 111 Å². The number of phenols is 1. The van der Waals surface area contributed by atoms with Gasteiger partial charge < -0.3 is 63.8 Å². The number of aliphatic hydroxyl groups excluding tert-OH is 6. The molecule has 0 aliphatic carbocycles. The van der Waals surface area contributed by atoms with E-state index in [-0.39, 0.29) is 22.5 Å². The minimum atomic E-state index is -1.76. The molecule has 2 saturated heterocycles. The van der Waals surface area contributed by atoms with Crippen LogP contribution in [0.25, 0.3) is 22.3 Å². The third-order valence-electron chi connectivity index (χ3n) is 7.31. The highest BCUT2D eigenvalue weighted by Gasteiger charge is 2.47. The Morgan fingerprint density at radius 3 is 2.14 bits per heavy atom. The van der Waals surface area contributed by atoms with Crippen LogP contribution in [0.1, 0.15) is 6.92 Å². The molecule has 2 fully saturated rings. The first-order chi connectivity index (χ1) is 20.0. The molecule has 0 bridgehead atoms. The highest BCUT2D eigenvalue weighted by Crippen LogP contribution is 2.34. The third-order valence-corrected chi connectivity index (χ3v) is 7.31. The number of benzene rings is 2. The van der Waals surface area contributed by atoms with E-state index < -0.39 is 79.2 Å². The fraction of sp³-hybridized carbons (Fsp3) is 0.464. The summed E-state index contributed by atoms with van der Waals surface area (Å²) in [4.78, 5) is 12.8. The lowest BCUT2D eigenvalue weighted by Crippen LogP contribution is -2.61. The highest BCUT2D eigenvalue weighted by molar-refractivity contribution is 5.86. The van der Waals surface area contributed by atoms with Gasteiger partial charge in [0.25, 0.3) is 0 Å². The van der Waals surface area contributed by atoms with Crippen molar-refractivity contribution in [3.05, 3.63) is 52.7 Å². The van der Waals surface area contributed by atoms with Crippen LogP contribution in [0.15, 0.2) is 51.7 Å². The summed E-state index contributed by atoms with van der Waals surface area (Å²) in [6.07, 6.45) is -14.8. The number of fused-ring (bicyclic) bond motifs is 1. The number of ether oxygens (including phenoxy) is 5. The average Bonchev–Trinajstić information content (AvgIpc) is 2.97. The van der Waals surface area contributed by atoms with Crippen molar-refractivity contribution in [2.45, 2.75) is 68.3 Å². The van der Waals surface area contributed by atoms with Crippen LogP contribution in [0.2, 0.25) is 0 Å². The van der Waals surface area contributed by atoms with E-state index in [1.807, 2.05) is 0 Å². The summed E-state index contributed by atoms with van der Waals surface area (Å²) in [6.45, 7) is 0.984. The molecule has 1 aromatic heterocycles. The molecule has 0 saturated carbocycles. The summed E-state index contributed by atoms with van der Waals surface area (Å²) >= 11 is 0. The maximum absolute atomic E-state index is 12.8. The summed E-state index contributed by atoms with van der Waals surface area (Å²) < 4.78 is 33.2. The van der Waals surface area contributed by atoms with Crippen LogP contribution < -0.4 is 14.9 Å². The molecular weight excluding hydrogens is 560 g/mol. The molecule has 228 valence electrons. The van der Waals surface area contributed by atoms with Gasteiger partial charge in [0.15, 0.2) is 11.7 Å². The van der Waals surface area contributed by atoms with Gasteiger partial charge in [-0.05, 0) is 31.2 Å². The minimum absolute atomic E-state index is 0.0348. The van der Waals surface area contributed by atoms with Crippen molar-refractivity contribution in [3.8, 4) is 28.6 Å². The van der Waals surface area contributed by atoms with Gasteiger partial charge in [0.2, 0.25) is 6.29 Å². The van der Waals surface area contributed by atoms with Gasteiger partial charge in [0.05, 0.1) is 19.8 Å². The van der Waals surface area contributed by atoms with Crippen molar-refractivity contribution in [3.63, 3.8) is 0 Å². The van der Waals surface area contributed by atoms with Crippen molar-refractivity contribution >= 4 is 11.0 Å². The molecule has 2 aliphatic heterocycles. The molecule has 2 aromatic carbocycles. The smallest absolute Gasteiger partial charge is 0.229 e. The molecule has 0 radical (unpaired) electrons. The van der Waals surface area contributed by atoms with E-state index in [1.165, 1.54) is 26.2 Å². The first-order valence-corrected chi connectivity index (χ1v) is 13.1. The number of aromatic hydroxyl groups is 1. The van der Waals surface area contributed by atoms with Crippen molar-refractivity contribution in [2.24, 2.45) is 0 Å². The molecule has 0 amide bonds. The third kappa shape index (κ3) is 5.81. The molecule has 3 heterocycles. The van der Waals surface area contributed by atoms with E-state index in [4.69, 9.17) is 28.1 Å². The molecule has 3 aromatic rings. The Morgan fingerprint density at radius 2 is 1.45 bits per heavy atom. The van der Waals surface area contributed by atoms with Crippen LogP contribution >= 0.6 is 0 Å². The van der Waals surface area contributed by atoms with Gasteiger partial charge in [-0.3, -0.25) is 4.79 Å². The van der Waals surface area contributed by atoms with Crippen LogP contribution in [0, 0.1) is 0 Å². The first kappa shape index (κ1) is 30.2. The summed E-state index contributed by atoms with van der Waals surface area (Å²) in [6, 6.07) is 10.4. The second kappa shape index (κ2) is 12.1. The van der Waals surface area contributed by atoms with Gasteiger partial charge in [-0.2, -0.15) is 0 Å². The van der Waals surface area contributed by atoms with Gasteiger partial charge in [0.1, 0.15) is 76.7 Å². The van der Waals surface area contributed by atoms with Gasteiger partial charge in [0, 0.05) is 23.8 Å². The second-order valence-corrected chi connectivity index (χ2v) is 10.2. The SMILES string of the molecule is COc1ccc(-c2cc(=O)c3c(O)cc(O[C@H]4O[C@@H](CO[C@H]5O[C@H](C)[C@@H](O)[C@H](O)[C@@H]5O)[C@H](O)[C@@H](O)[C@@H]4O)cc3o2)cc1. The summed E-state index contributed by atoms with van der Waals surface area (Å²) in [5, 5.41) is 71.9. The number of hydrogen-bond acceptors (Lipinski definition) is 14. The predicted octanol–water partition coefficient (Wildman–Crippen LogP) is -0.795. The van der Waals surface area contributed by atoms with Gasteiger partial charge >= 0.3 is 0 Å². The van der Waals surface area contributed by atoms with Gasteiger partial charge in [-0.1, -0.05) is 0 Å². The van der Waals surface area contributed by atoms with Crippen molar-refractivity contribution < 1.29 is 63.8 Å². The maximum Gasteiger partial charge on any atom is 0.229 e. The molecule has 2 aliphatic rings. The normalized spacial score (nSPS) is 33.4. The van der Waals surface area contributed by atoms with E-state index in [0.717, 1.165) is 6.07 Å². The topological polar surface area (TPSA) is 218 Å². The maximum atomic E-state index is 12.8. The van der Waals surface area contributed by atoms with Crippen LogP contribution in [0.4, 0.5) is 0 Å². The molecular formula is C28H32O14. The minimum Gasteiger partial charge on any atom is -0.507 e. The summed E-state index contributed by atoms with van der Waals surface area (Å²) in [7, 11) is 1.52. The number of methoxy groups -OCH3 is 1. The Morgan fingerprint density at radius 1 is 0.786 bits per heavy atom. The monoisotopic (exact) mass is 592 g/mol. The van der Waals surface area contributed by atoms with E-state index in [1.54, 1.807) is 24.3 Å². The number of phenolic OH excluding ortho intramolecular Hbond substituents is 1. The van der Waals surface area contributed by atoms with Gasteiger partial charge in [-0.15, -0.1) is 0 Å². The molecule has 7 N–H and O–H groups in total. The lowest BCUT2D eigenvalue weighted by Gasteiger charge is -2.42. The summed E-state index contributed by atoms with van der Waals surface area (Å²) in [5.41, 5.74) is 0.0115. The zero-order valence-electron chi connectivity index (χ0n) is 22.5. The molecule has 14 heteroatoms. The summed E-state index contributed by atoms with van der Waals surface area (Å²) in [5.74, 6) is 0.238. The second-order valence-electron chi connectivity index (χ2n) is 10.2. The number of aliphatic hydroxyl groups is 6. The molecule has 14 nitrogen and oxygen atoms in total. The standard InChI is InChI=1S/C28H32O14/c1-11-21(31)23(33)25(35)27(39-11)38-10-19-22(32)24(34)26(36)28(42-19)40-14-7-15(29)20-16(30)9-17(41-18(20)8-14)12-3-5-13(37-2)6-4-12/h3-9,11,19,21-29,31-36H,10H2,1-2H3/t11-,19+,21-,22+,23+,24-,25+,26+,27+,28+/m1/s1. The van der Waals surface area contributed by atoms with Crippen molar-refractivity contribution in [2.75, 3.05) is 13.7 Å². The Labute approximate surface area is 238 Å². The lowest BCUT2D eigenvalue weighted by molar-refractivity contribution is -0.318. The zero-order valence-corrected chi connectivity index (χ0v) is 22.5. The Kier molecular flexibility index (Phi) is 8.71. The van der Waals surface area contributed by atoms with E-state index in [2.05, 4.69) is 0 Å². The largest absolute Gasteiger partial charge is 0.507 e. The Balaban J connectivity index is 1.35. The average molecular weight is 593 g/mol. The lowest BCUT2D eigenvalue weighted by atomic mass is 9.98. The fourth-order valence-electron chi connectivity index (χ4n) is 4.84. The highest BCUT2D eigenvalue weighted by atomic mass is 16.7. The molecule has 0 unspecified atom stereocenters.